The molecule has 0 radical (unpaired) electrons. The van der Waals surface area contributed by atoms with Gasteiger partial charge in [-0.2, -0.15) is 0 Å². The van der Waals surface area contributed by atoms with Crippen LogP contribution in [0.4, 0.5) is 0 Å². The van der Waals surface area contributed by atoms with Crippen molar-refractivity contribution in [3.8, 4) is 0 Å². The average molecular weight is 625 g/mol. The fourth-order valence-electron chi connectivity index (χ4n) is 6.96. The van der Waals surface area contributed by atoms with Gasteiger partial charge >= 0.3 is 0 Å². The number of benzene rings is 4. The summed E-state index contributed by atoms with van der Waals surface area (Å²) in [7, 11) is -2.97. The zero-order valence-corrected chi connectivity index (χ0v) is 27.6. The molecule has 4 aromatic rings. The van der Waals surface area contributed by atoms with E-state index in [4.69, 9.17) is 23.4 Å². The van der Waals surface area contributed by atoms with E-state index in [0.717, 1.165) is 21.5 Å². The van der Waals surface area contributed by atoms with Crippen LogP contribution in [0.2, 0.25) is 5.04 Å². The Morgan fingerprint density at radius 2 is 1.16 bits per heavy atom. The van der Waals surface area contributed by atoms with Gasteiger partial charge in [0.25, 0.3) is 8.32 Å². The van der Waals surface area contributed by atoms with Crippen LogP contribution >= 0.6 is 0 Å². The van der Waals surface area contributed by atoms with Crippen molar-refractivity contribution in [1.82, 2.24) is 0 Å². The van der Waals surface area contributed by atoms with Crippen LogP contribution in [0.3, 0.4) is 0 Å². The van der Waals surface area contributed by atoms with Crippen LogP contribution in [0.15, 0.2) is 121 Å². The van der Waals surface area contributed by atoms with Gasteiger partial charge in [0.05, 0.1) is 26.4 Å². The molecule has 0 unspecified atom stereocenters. The number of aliphatic hydroxyl groups excluding tert-OH is 1. The van der Waals surface area contributed by atoms with Crippen LogP contribution < -0.4 is 10.4 Å². The maximum atomic E-state index is 11.8. The average Bonchev–Trinajstić information content (AvgIpc) is 3.26. The third kappa shape index (κ3) is 6.06. The Labute approximate surface area is 268 Å². The van der Waals surface area contributed by atoms with Crippen molar-refractivity contribution in [2.45, 2.75) is 75.6 Å². The number of fused-ring (bicyclic) bond motifs is 2. The molecule has 6 nitrogen and oxygen atoms in total. The first-order valence-corrected chi connectivity index (χ1v) is 17.7. The molecule has 0 aliphatic carbocycles. The summed E-state index contributed by atoms with van der Waals surface area (Å²) in [5, 5.41) is 13.9. The smallest absolute Gasteiger partial charge is 0.261 e. The fraction of sp³-hybridized carbons (Fsp3) is 0.368. The molecule has 4 aromatic carbocycles. The van der Waals surface area contributed by atoms with Crippen molar-refractivity contribution in [2.24, 2.45) is 0 Å². The van der Waals surface area contributed by atoms with E-state index in [2.05, 4.69) is 69.3 Å². The van der Waals surface area contributed by atoms with Crippen molar-refractivity contribution in [3.05, 3.63) is 132 Å². The molecule has 45 heavy (non-hydrogen) atoms. The molecule has 6 rings (SSSR count). The highest BCUT2D eigenvalue weighted by Gasteiger charge is 2.70. The van der Waals surface area contributed by atoms with Gasteiger partial charge in [-0.25, -0.2) is 0 Å². The van der Waals surface area contributed by atoms with E-state index in [1.807, 2.05) is 79.7 Å². The molecule has 0 aromatic heterocycles. The molecular weight excluding hydrogens is 580 g/mol. The molecule has 2 aliphatic heterocycles. The third-order valence-corrected chi connectivity index (χ3v) is 14.2. The highest BCUT2D eigenvalue weighted by Crippen LogP contribution is 2.50. The topological polar surface area (TPSA) is 66.4 Å². The van der Waals surface area contributed by atoms with Gasteiger partial charge < -0.3 is 28.5 Å². The molecule has 2 bridgehead atoms. The Kier molecular flexibility index (Phi) is 9.14. The summed E-state index contributed by atoms with van der Waals surface area (Å²) in [6, 6.07) is 41.1. The molecule has 2 heterocycles. The minimum Gasteiger partial charge on any atom is -0.404 e. The lowest BCUT2D eigenvalue weighted by Crippen LogP contribution is -2.69. The zero-order valence-electron chi connectivity index (χ0n) is 26.6. The second-order valence-electron chi connectivity index (χ2n) is 13.3. The second-order valence-corrected chi connectivity index (χ2v) is 17.6. The monoisotopic (exact) mass is 624 g/mol. The Bertz CT molecular complexity index is 1470. The standard InChI is InChI=1S/C38H44O6Si/c1-36(2,3)45(31-21-13-7-14-22-31,32-23-15-8-16-24-32)43-28-38-33(39)27-42-37(4,44-38)34(40-25-29-17-9-5-10-18-29)35(38)41-26-30-19-11-6-12-20-30/h5-24,33-35,39H,25-28H2,1-4H3/t33-,34-,35-,37-,38+/m1/s1. The lowest BCUT2D eigenvalue weighted by molar-refractivity contribution is -0.336. The Morgan fingerprint density at radius 3 is 1.62 bits per heavy atom. The third-order valence-electron chi connectivity index (χ3n) is 9.23. The SMILES string of the molecule is CC(C)(C)[Si](OC[C@]12O[C@@](C)(OC[C@H]1O)[C@H](OCc1ccccc1)[C@H]2OCc1ccccc1)(c1ccccc1)c1ccccc1. The van der Waals surface area contributed by atoms with Crippen molar-refractivity contribution in [1.29, 1.82) is 0 Å². The van der Waals surface area contributed by atoms with Gasteiger partial charge in [-0.3, -0.25) is 0 Å². The first-order chi connectivity index (χ1) is 21.7. The number of rotatable bonds is 11. The Balaban J connectivity index is 1.41. The summed E-state index contributed by atoms with van der Waals surface area (Å²) in [4.78, 5) is 0. The minimum absolute atomic E-state index is 0.0804. The number of hydrogen-bond acceptors (Lipinski definition) is 6. The second kappa shape index (κ2) is 12.9. The Morgan fingerprint density at radius 1 is 0.711 bits per heavy atom. The molecule has 2 fully saturated rings. The summed E-state index contributed by atoms with van der Waals surface area (Å²) >= 11 is 0. The van der Waals surface area contributed by atoms with Gasteiger partial charge in [-0.15, -0.1) is 0 Å². The summed E-state index contributed by atoms with van der Waals surface area (Å²) in [5.41, 5.74) is 0.808. The van der Waals surface area contributed by atoms with Gasteiger partial charge in [-0.1, -0.05) is 142 Å². The molecular formula is C38H44O6Si. The van der Waals surface area contributed by atoms with Crippen LogP contribution in [0, 0.1) is 0 Å². The molecule has 0 amide bonds. The summed E-state index contributed by atoms with van der Waals surface area (Å²) in [5.74, 6) is -1.15. The van der Waals surface area contributed by atoms with Crippen LogP contribution in [0.1, 0.15) is 38.8 Å². The van der Waals surface area contributed by atoms with Crippen molar-refractivity contribution in [3.63, 3.8) is 0 Å². The van der Waals surface area contributed by atoms with Crippen molar-refractivity contribution in [2.75, 3.05) is 13.2 Å². The van der Waals surface area contributed by atoms with Gasteiger partial charge in [-0.05, 0) is 33.5 Å². The highest BCUT2D eigenvalue weighted by molar-refractivity contribution is 6.99. The molecule has 2 aliphatic rings. The van der Waals surface area contributed by atoms with Crippen LogP contribution in [-0.4, -0.2) is 56.3 Å². The normalized spacial score (nSPS) is 26.6. The molecule has 5 atom stereocenters. The molecule has 0 saturated carbocycles. The predicted molar refractivity (Wildman–Crippen MR) is 178 cm³/mol. The largest absolute Gasteiger partial charge is 0.404 e. The van der Waals surface area contributed by atoms with Crippen LogP contribution in [0.5, 0.6) is 0 Å². The first-order valence-electron chi connectivity index (χ1n) is 15.8. The number of ether oxygens (including phenoxy) is 4. The number of aliphatic hydroxyl groups is 1. The summed E-state index contributed by atoms with van der Waals surface area (Å²) in [6.45, 7) is 9.47. The van der Waals surface area contributed by atoms with E-state index in [0.29, 0.717) is 13.2 Å². The molecule has 2 saturated heterocycles. The summed E-state index contributed by atoms with van der Waals surface area (Å²) in [6.07, 6.45) is -2.31. The van der Waals surface area contributed by atoms with Crippen molar-refractivity contribution < 1.29 is 28.5 Å². The molecule has 1 N–H and O–H groups in total. The summed E-state index contributed by atoms with van der Waals surface area (Å²) < 4.78 is 33.8. The van der Waals surface area contributed by atoms with Gasteiger partial charge in [0.1, 0.15) is 18.3 Å². The quantitative estimate of drug-likeness (QED) is 0.219. The fourth-order valence-corrected chi connectivity index (χ4v) is 11.6. The first kappa shape index (κ1) is 31.8. The maximum absolute atomic E-state index is 11.8. The molecule has 0 spiro atoms. The van der Waals surface area contributed by atoms with Gasteiger partial charge in [0.15, 0.2) is 11.4 Å². The van der Waals surface area contributed by atoms with Gasteiger partial charge in [0.2, 0.25) is 0 Å². The van der Waals surface area contributed by atoms with Crippen molar-refractivity contribution >= 4 is 18.7 Å². The van der Waals surface area contributed by atoms with E-state index < -0.39 is 38.0 Å². The highest BCUT2D eigenvalue weighted by atomic mass is 28.4. The zero-order chi connectivity index (χ0) is 31.5. The molecule has 7 heteroatoms. The van der Waals surface area contributed by atoms with E-state index in [9.17, 15) is 5.11 Å². The van der Waals surface area contributed by atoms with Gasteiger partial charge in [0, 0.05) is 0 Å². The lowest BCUT2D eigenvalue weighted by Gasteiger charge is -2.48. The van der Waals surface area contributed by atoms with Crippen LogP contribution in [-0.2, 0) is 36.6 Å². The predicted octanol–water partition coefficient (Wildman–Crippen LogP) is 5.61. The van der Waals surface area contributed by atoms with Crippen LogP contribution in [0.25, 0.3) is 0 Å². The molecule has 236 valence electrons. The lowest BCUT2D eigenvalue weighted by atomic mass is 9.90. The van der Waals surface area contributed by atoms with E-state index >= 15 is 0 Å². The minimum atomic E-state index is -2.97. The van der Waals surface area contributed by atoms with E-state index in [1.165, 1.54) is 0 Å². The van der Waals surface area contributed by atoms with E-state index in [1.54, 1.807) is 0 Å². The Hall–Kier alpha value is -3.14. The maximum Gasteiger partial charge on any atom is 0.261 e. The van der Waals surface area contributed by atoms with E-state index in [-0.39, 0.29) is 18.3 Å². The number of hydrogen-bond donors (Lipinski definition) is 1.